The summed E-state index contributed by atoms with van der Waals surface area (Å²) in [7, 11) is 0. The van der Waals surface area contributed by atoms with Gasteiger partial charge >= 0.3 is 0 Å². The van der Waals surface area contributed by atoms with Gasteiger partial charge in [-0.3, -0.25) is 11.3 Å². The summed E-state index contributed by atoms with van der Waals surface area (Å²) in [4.78, 5) is 5.68. The molecule has 0 amide bonds. The van der Waals surface area contributed by atoms with E-state index in [0.717, 1.165) is 17.1 Å². The summed E-state index contributed by atoms with van der Waals surface area (Å²) in [6.07, 6.45) is 0.919. The van der Waals surface area contributed by atoms with E-state index in [1.165, 1.54) is 10.4 Å². The van der Waals surface area contributed by atoms with Gasteiger partial charge in [0.2, 0.25) is 0 Å². The maximum Gasteiger partial charge on any atom is 0.0900 e. The molecule has 5 heteroatoms. The maximum absolute atomic E-state index is 5.63. The van der Waals surface area contributed by atoms with Crippen molar-refractivity contribution < 1.29 is 0 Å². The third-order valence-corrected chi connectivity index (χ3v) is 4.40. The summed E-state index contributed by atoms with van der Waals surface area (Å²) in [6, 6.07) is 2.30. The average Bonchev–Trinajstić information content (AvgIpc) is 2.85. The van der Waals surface area contributed by atoms with Gasteiger partial charge < -0.3 is 0 Å². The number of hydrogen-bond donors (Lipinski definition) is 2. The third kappa shape index (κ3) is 2.49. The van der Waals surface area contributed by atoms with E-state index in [1.54, 1.807) is 22.7 Å². The van der Waals surface area contributed by atoms with Gasteiger partial charge in [0.1, 0.15) is 0 Å². The monoisotopic (exact) mass is 253 g/mol. The molecule has 0 spiro atoms. The Hall–Kier alpha value is -0.750. The van der Waals surface area contributed by atoms with Gasteiger partial charge in [-0.15, -0.1) is 11.3 Å². The van der Waals surface area contributed by atoms with Crippen molar-refractivity contribution in [2.75, 3.05) is 0 Å². The molecule has 2 rings (SSSR count). The van der Waals surface area contributed by atoms with E-state index < -0.39 is 0 Å². The molecule has 0 fully saturated rings. The fourth-order valence-corrected chi connectivity index (χ4v) is 3.41. The number of hydrazine groups is 1. The zero-order chi connectivity index (χ0) is 11.5. The molecule has 1 unspecified atom stereocenters. The van der Waals surface area contributed by atoms with Crippen molar-refractivity contribution in [1.29, 1.82) is 0 Å². The van der Waals surface area contributed by atoms with E-state index in [0.29, 0.717) is 0 Å². The van der Waals surface area contributed by atoms with E-state index in [-0.39, 0.29) is 6.04 Å². The van der Waals surface area contributed by atoms with Crippen LogP contribution in [0.4, 0.5) is 0 Å². The van der Waals surface area contributed by atoms with Crippen molar-refractivity contribution in [3.8, 4) is 0 Å². The molecular formula is C11H15N3S2. The normalized spacial score (nSPS) is 12.9. The highest BCUT2D eigenvalue weighted by Gasteiger charge is 2.16. The van der Waals surface area contributed by atoms with Crippen LogP contribution in [0.25, 0.3) is 0 Å². The number of rotatable bonds is 4. The molecule has 2 heterocycles. The first kappa shape index (κ1) is 11.7. The molecule has 3 N–H and O–H groups in total. The molecular weight excluding hydrogens is 238 g/mol. The summed E-state index contributed by atoms with van der Waals surface area (Å²) >= 11 is 3.43. The van der Waals surface area contributed by atoms with Gasteiger partial charge in [0, 0.05) is 4.88 Å². The van der Waals surface area contributed by atoms with Crippen LogP contribution in [0.1, 0.15) is 27.2 Å². The molecule has 16 heavy (non-hydrogen) atoms. The van der Waals surface area contributed by atoms with E-state index in [2.05, 4.69) is 27.2 Å². The molecule has 3 nitrogen and oxygen atoms in total. The van der Waals surface area contributed by atoms with E-state index in [9.17, 15) is 0 Å². The zero-order valence-corrected chi connectivity index (χ0v) is 11.0. The number of hydrogen-bond acceptors (Lipinski definition) is 5. The largest absolute Gasteiger partial charge is 0.271 e. The number of thiophene rings is 1. The van der Waals surface area contributed by atoms with Gasteiger partial charge in [-0.1, -0.05) is 0 Å². The molecule has 0 aromatic carbocycles. The van der Waals surface area contributed by atoms with Gasteiger partial charge in [0.25, 0.3) is 0 Å². The maximum atomic E-state index is 5.63. The predicted molar refractivity (Wildman–Crippen MR) is 69.7 cm³/mol. The standard InChI is InChI=1S/C11H15N3S2/c1-7-11(16-8(2)13-7)10(14-12)5-9-3-4-15-6-9/h3-4,6,10,14H,5,12H2,1-2H3. The Morgan fingerprint density at radius 3 is 2.81 bits per heavy atom. The second kappa shape index (κ2) is 5.05. The number of nitrogens with one attached hydrogen (secondary N) is 1. The molecule has 0 aliphatic rings. The Labute approximate surface area is 103 Å². The SMILES string of the molecule is Cc1nc(C)c(C(Cc2ccsc2)NN)s1. The minimum absolute atomic E-state index is 0.167. The molecule has 0 radical (unpaired) electrons. The van der Waals surface area contributed by atoms with Crippen molar-refractivity contribution in [3.63, 3.8) is 0 Å². The second-order valence-corrected chi connectivity index (χ2v) is 5.75. The second-order valence-electron chi connectivity index (χ2n) is 3.74. The first-order valence-electron chi connectivity index (χ1n) is 5.12. The topological polar surface area (TPSA) is 50.9 Å². The van der Waals surface area contributed by atoms with Crippen LogP contribution in [0.3, 0.4) is 0 Å². The minimum Gasteiger partial charge on any atom is -0.271 e. The van der Waals surface area contributed by atoms with Crippen molar-refractivity contribution in [3.05, 3.63) is 38.0 Å². The fraction of sp³-hybridized carbons (Fsp3) is 0.364. The molecule has 1 atom stereocenters. The van der Waals surface area contributed by atoms with Gasteiger partial charge in [-0.05, 0) is 42.7 Å². The van der Waals surface area contributed by atoms with Crippen molar-refractivity contribution in [2.45, 2.75) is 26.3 Å². The molecule has 0 saturated carbocycles. The summed E-state index contributed by atoms with van der Waals surface area (Å²) in [5.41, 5.74) is 5.29. The first-order chi connectivity index (χ1) is 7.70. The molecule has 0 aliphatic carbocycles. The Morgan fingerprint density at radius 2 is 2.31 bits per heavy atom. The minimum atomic E-state index is 0.167. The molecule has 0 saturated heterocycles. The Kier molecular flexibility index (Phi) is 3.70. The van der Waals surface area contributed by atoms with Crippen LogP contribution in [0.2, 0.25) is 0 Å². The van der Waals surface area contributed by atoms with Crippen LogP contribution in [0, 0.1) is 13.8 Å². The van der Waals surface area contributed by atoms with E-state index in [1.807, 2.05) is 13.8 Å². The number of nitrogens with two attached hydrogens (primary N) is 1. The van der Waals surface area contributed by atoms with Crippen molar-refractivity contribution in [1.82, 2.24) is 10.4 Å². The first-order valence-corrected chi connectivity index (χ1v) is 6.87. The Morgan fingerprint density at radius 1 is 1.50 bits per heavy atom. The lowest BCUT2D eigenvalue weighted by atomic mass is 10.1. The predicted octanol–water partition coefficient (Wildman–Crippen LogP) is 2.57. The molecule has 0 aliphatic heterocycles. The number of thiazole rings is 1. The van der Waals surface area contributed by atoms with Crippen LogP contribution in [0.5, 0.6) is 0 Å². The van der Waals surface area contributed by atoms with E-state index >= 15 is 0 Å². The molecule has 2 aromatic rings. The van der Waals surface area contributed by atoms with Crippen LogP contribution in [-0.4, -0.2) is 4.98 Å². The quantitative estimate of drug-likeness (QED) is 0.650. The van der Waals surface area contributed by atoms with Crippen molar-refractivity contribution in [2.24, 2.45) is 5.84 Å². The zero-order valence-electron chi connectivity index (χ0n) is 9.36. The lowest BCUT2D eigenvalue weighted by Crippen LogP contribution is -2.29. The van der Waals surface area contributed by atoms with Gasteiger partial charge in [-0.2, -0.15) is 11.3 Å². The highest BCUT2D eigenvalue weighted by Crippen LogP contribution is 2.27. The van der Waals surface area contributed by atoms with Gasteiger partial charge in [-0.25, -0.2) is 4.98 Å². The lowest BCUT2D eigenvalue weighted by molar-refractivity contribution is 0.558. The van der Waals surface area contributed by atoms with Crippen LogP contribution in [-0.2, 0) is 6.42 Å². The summed E-state index contributed by atoms with van der Waals surface area (Å²) in [5.74, 6) is 5.63. The van der Waals surface area contributed by atoms with Crippen molar-refractivity contribution >= 4 is 22.7 Å². The van der Waals surface area contributed by atoms with E-state index in [4.69, 9.17) is 5.84 Å². The third-order valence-electron chi connectivity index (χ3n) is 2.48. The van der Waals surface area contributed by atoms with Crippen LogP contribution in [0.15, 0.2) is 16.8 Å². The summed E-state index contributed by atoms with van der Waals surface area (Å²) in [6.45, 7) is 4.07. The number of aromatic nitrogens is 1. The van der Waals surface area contributed by atoms with Crippen LogP contribution < -0.4 is 11.3 Å². The van der Waals surface area contributed by atoms with Gasteiger partial charge in [0.15, 0.2) is 0 Å². The Bertz CT molecular complexity index is 448. The lowest BCUT2D eigenvalue weighted by Gasteiger charge is -2.13. The highest BCUT2D eigenvalue weighted by molar-refractivity contribution is 7.11. The summed E-state index contributed by atoms with van der Waals surface area (Å²) in [5, 5.41) is 5.35. The van der Waals surface area contributed by atoms with Crippen LogP contribution >= 0.6 is 22.7 Å². The molecule has 2 aromatic heterocycles. The summed E-state index contributed by atoms with van der Waals surface area (Å²) < 4.78 is 0. The molecule has 86 valence electrons. The fourth-order valence-electron chi connectivity index (χ4n) is 1.74. The number of aryl methyl sites for hydroxylation is 2. The smallest absolute Gasteiger partial charge is 0.0900 e. The average molecular weight is 253 g/mol. The Balaban J connectivity index is 2.19. The van der Waals surface area contributed by atoms with Gasteiger partial charge in [0.05, 0.1) is 16.7 Å². The molecule has 0 bridgehead atoms. The number of nitrogens with zero attached hydrogens (tertiary/aromatic N) is 1. The highest BCUT2D eigenvalue weighted by atomic mass is 32.1.